The molecule has 0 amide bonds. The summed E-state index contributed by atoms with van der Waals surface area (Å²) in [6.07, 6.45) is 6.47. The highest BCUT2D eigenvalue weighted by Gasteiger charge is 2.34. The number of rotatable bonds is 5. The van der Waals surface area contributed by atoms with Crippen LogP contribution in [-0.4, -0.2) is 36.2 Å². The Bertz CT molecular complexity index is 538. The Morgan fingerprint density at radius 1 is 1.47 bits per heavy atom. The minimum absolute atomic E-state index is 0.0720. The number of aromatic nitrogens is 1. The quantitative estimate of drug-likeness (QED) is 0.752. The third-order valence-corrected chi connectivity index (χ3v) is 5.90. The van der Waals surface area contributed by atoms with E-state index in [4.69, 9.17) is 11.6 Å². The maximum atomic E-state index is 12.6. The molecule has 2 heterocycles. The van der Waals surface area contributed by atoms with Gasteiger partial charge in [-0.25, -0.2) is 8.42 Å². The van der Waals surface area contributed by atoms with Gasteiger partial charge >= 0.3 is 0 Å². The van der Waals surface area contributed by atoms with Crippen molar-refractivity contribution in [2.45, 2.75) is 36.6 Å². The van der Waals surface area contributed by atoms with Crippen molar-refractivity contribution in [3.05, 3.63) is 22.9 Å². The van der Waals surface area contributed by atoms with Crippen molar-refractivity contribution in [3.8, 4) is 0 Å². The fraction of sp³-hybridized carbons (Fsp3) is 0.583. The van der Waals surface area contributed by atoms with Crippen molar-refractivity contribution >= 4 is 37.6 Å². The molecule has 1 aromatic heterocycles. The van der Waals surface area contributed by atoms with Crippen LogP contribution in [0.4, 0.5) is 0 Å². The smallest absolute Gasteiger partial charge is 0.244 e. The highest BCUT2D eigenvalue weighted by molar-refractivity contribution is 9.10. The molecule has 106 valence electrons. The molecule has 1 fully saturated rings. The second-order valence-electron chi connectivity index (χ2n) is 4.58. The fourth-order valence-electron chi connectivity index (χ4n) is 2.40. The van der Waals surface area contributed by atoms with Crippen LogP contribution in [0.2, 0.25) is 0 Å². The molecule has 1 saturated heterocycles. The van der Waals surface area contributed by atoms with Crippen LogP contribution < -0.4 is 0 Å². The summed E-state index contributed by atoms with van der Waals surface area (Å²) in [5, 5.41) is 0. The molecule has 1 atom stereocenters. The molecule has 0 aliphatic carbocycles. The highest BCUT2D eigenvalue weighted by Crippen LogP contribution is 2.29. The maximum absolute atomic E-state index is 12.6. The van der Waals surface area contributed by atoms with E-state index in [1.165, 1.54) is 6.20 Å². The van der Waals surface area contributed by atoms with E-state index in [2.05, 4.69) is 20.9 Å². The third kappa shape index (κ3) is 3.48. The largest absolute Gasteiger partial charge is 0.262 e. The molecule has 7 heteroatoms. The van der Waals surface area contributed by atoms with Gasteiger partial charge in [0.1, 0.15) is 4.90 Å². The number of alkyl halides is 1. The van der Waals surface area contributed by atoms with E-state index in [-0.39, 0.29) is 10.9 Å². The Balaban J connectivity index is 2.23. The average molecular weight is 368 g/mol. The Kier molecular flexibility index (Phi) is 5.22. The van der Waals surface area contributed by atoms with Gasteiger partial charge < -0.3 is 0 Å². The molecule has 4 nitrogen and oxygen atoms in total. The first-order valence-electron chi connectivity index (χ1n) is 6.24. The fourth-order valence-corrected chi connectivity index (χ4v) is 4.78. The highest BCUT2D eigenvalue weighted by atomic mass is 79.9. The monoisotopic (exact) mass is 366 g/mol. The van der Waals surface area contributed by atoms with Crippen molar-refractivity contribution in [2.24, 2.45) is 0 Å². The average Bonchev–Trinajstić information content (AvgIpc) is 2.85. The van der Waals surface area contributed by atoms with Crippen LogP contribution in [-0.2, 0) is 10.0 Å². The zero-order chi connectivity index (χ0) is 13.9. The van der Waals surface area contributed by atoms with Crippen molar-refractivity contribution in [1.82, 2.24) is 9.29 Å². The molecular weight excluding hydrogens is 352 g/mol. The molecule has 0 aromatic carbocycles. The summed E-state index contributed by atoms with van der Waals surface area (Å²) < 4.78 is 27.5. The number of hydrogen-bond donors (Lipinski definition) is 0. The molecule has 1 aliphatic rings. The summed E-state index contributed by atoms with van der Waals surface area (Å²) in [7, 11) is -3.44. The Morgan fingerprint density at radius 3 is 2.95 bits per heavy atom. The van der Waals surface area contributed by atoms with Crippen LogP contribution in [0.1, 0.15) is 25.7 Å². The zero-order valence-electron chi connectivity index (χ0n) is 10.4. The first-order chi connectivity index (χ1) is 9.05. The van der Waals surface area contributed by atoms with E-state index >= 15 is 0 Å². The molecular formula is C12H16BrClN2O2S. The zero-order valence-corrected chi connectivity index (χ0v) is 13.6. The maximum Gasteiger partial charge on any atom is 0.244 e. The van der Waals surface area contributed by atoms with Gasteiger partial charge in [0.2, 0.25) is 10.0 Å². The molecule has 0 bridgehead atoms. The first kappa shape index (κ1) is 15.2. The molecule has 2 rings (SSSR count). The van der Waals surface area contributed by atoms with Crippen molar-refractivity contribution < 1.29 is 8.42 Å². The number of halogens is 2. The van der Waals surface area contributed by atoms with Crippen LogP contribution in [0.3, 0.4) is 0 Å². The van der Waals surface area contributed by atoms with E-state index in [1.54, 1.807) is 16.6 Å². The van der Waals surface area contributed by atoms with Crippen molar-refractivity contribution in [2.75, 3.05) is 12.4 Å². The summed E-state index contributed by atoms with van der Waals surface area (Å²) in [5.41, 5.74) is 0. The van der Waals surface area contributed by atoms with Gasteiger partial charge in [-0.15, -0.1) is 11.6 Å². The molecule has 1 aromatic rings. The number of sulfonamides is 1. The summed E-state index contributed by atoms with van der Waals surface area (Å²) in [4.78, 5) is 4.18. The summed E-state index contributed by atoms with van der Waals surface area (Å²) in [5.74, 6) is 0.572. The third-order valence-electron chi connectivity index (χ3n) is 3.28. The van der Waals surface area contributed by atoms with E-state index in [0.29, 0.717) is 16.9 Å². The lowest BCUT2D eigenvalue weighted by Crippen LogP contribution is -2.35. The van der Waals surface area contributed by atoms with Gasteiger partial charge in [0.25, 0.3) is 0 Å². The van der Waals surface area contributed by atoms with Crippen LogP contribution in [0.5, 0.6) is 0 Å². The van der Waals surface area contributed by atoms with Gasteiger partial charge in [-0.1, -0.05) is 0 Å². The summed E-state index contributed by atoms with van der Waals surface area (Å²) in [6.45, 7) is 0.585. The molecule has 1 aliphatic heterocycles. The molecule has 0 saturated carbocycles. The minimum atomic E-state index is -3.44. The Morgan fingerprint density at radius 2 is 2.26 bits per heavy atom. The normalized spacial score (nSPS) is 20.8. The molecule has 0 radical (unpaired) electrons. The van der Waals surface area contributed by atoms with Crippen LogP contribution in [0, 0.1) is 0 Å². The number of nitrogens with zero attached hydrogens (tertiary/aromatic N) is 2. The van der Waals surface area contributed by atoms with Gasteiger partial charge in [-0.05, 0) is 47.7 Å². The molecule has 1 unspecified atom stereocenters. The predicted molar refractivity (Wildman–Crippen MR) is 78.8 cm³/mol. The lowest BCUT2D eigenvalue weighted by Gasteiger charge is -2.23. The lowest BCUT2D eigenvalue weighted by atomic mass is 10.1. The van der Waals surface area contributed by atoms with Gasteiger partial charge in [0.05, 0.1) is 0 Å². The van der Waals surface area contributed by atoms with Gasteiger partial charge in [-0.3, -0.25) is 4.98 Å². The SMILES string of the molecule is O=S(=O)(c1cncc(Br)c1)N1CCCC1CCCCl. The standard InChI is InChI=1S/C12H16BrClN2O2S/c13-10-7-12(9-15-8-10)19(17,18)16-6-2-4-11(16)3-1-5-14/h7-9,11H,1-6H2. The van der Waals surface area contributed by atoms with Gasteiger partial charge in [0, 0.05) is 35.3 Å². The molecule has 19 heavy (non-hydrogen) atoms. The lowest BCUT2D eigenvalue weighted by molar-refractivity contribution is 0.368. The summed E-state index contributed by atoms with van der Waals surface area (Å²) >= 11 is 8.95. The molecule has 0 N–H and O–H groups in total. The topological polar surface area (TPSA) is 50.3 Å². The Hall–Kier alpha value is -0.170. The minimum Gasteiger partial charge on any atom is -0.262 e. The number of hydrogen-bond acceptors (Lipinski definition) is 3. The second kappa shape index (κ2) is 6.52. The van der Waals surface area contributed by atoms with Crippen molar-refractivity contribution in [1.29, 1.82) is 0 Å². The van der Waals surface area contributed by atoms with Crippen molar-refractivity contribution in [3.63, 3.8) is 0 Å². The van der Waals surface area contributed by atoms with Crippen LogP contribution in [0.25, 0.3) is 0 Å². The van der Waals surface area contributed by atoms with Crippen LogP contribution in [0.15, 0.2) is 27.8 Å². The van der Waals surface area contributed by atoms with E-state index in [9.17, 15) is 8.42 Å². The van der Waals surface area contributed by atoms with E-state index in [0.717, 1.165) is 25.7 Å². The van der Waals surface area contributed by atoms with Gasteiger partial charge in [0.15, 0.2) is 0 Å². The molecule has 0 spiro atoms. The summed E-state index contributed by atoms with van der Waals surface area (Å²) in [6, 6.07) is 1.67. The Labute approximate surface area is 127 Å². The second-order valence-corrected chi connectivity index (χ2v) is 7.77. The van der Waals surface area contributed by atoms with E-state index < -0.39 is 10.0 Å². The van der Waals surface area contributed by atoms with E-state index in [1.807, 2.05) is 0 Å². The predicted octanol–water partition coefficient (Wildman–Crippen LogP) is 3.02. The number of pyridine rings is 1. The first-order valence-corrected chi connectivity index (χ1v) is 9.01. The van der Waals surface area contributed by atoms with Crippen LogP contribution >= 0.6 is 27.5 Å². The van der Waals surface area contributed by atoms with Gasteiger partial charge in [-0.2, -0.15) is 4.31 Å².